The topological polar surface area (TPSA) is 81.4 Å². The molecule has 2 amide bonds. The first-order valence-electron chi connectivity index (χ1n) is 10.1. The molecule has 0 aliphatic carbocycles. The number of furan rings is 1. The standard InChI is InChI=1S/C22H29N5O3/c1-25(2)20(28)17-24-22(23-11-10-18-7-4-3-5-8-18)27-14-12-26(13-15-27)21(29)19-9-6-16-30-19/h3-9,16H,10-15,17H2,1-2H3,(H,23,24). The van der Waals surface area contributed by atoms with E-state index in [0.717, 1.165) is 6.42 Å². The Kier molecular flexibility index (Phi) is 7.48. The number of nitrogens with zero attached hydrogens (tertiary/aromatic N) is 4. The Labute approximate surface area is 177 Å². The monoisotopic (exact) mass is 411 g/mol. The maximum absolute atomic E-state index is 12.5. The average Bonchev–Trinajstić information content (AvgIpc) is 3.31. The van der Waals surface area contributed by atoms with Gasteiger partial charge in [0.15, 0.2) is 11.7 Å². The fraction of sp³-hybridized carbons (Fsp3) is 0.409. The van der Waals surface area contributed by atoms with Crippen LogP contribution in [0.2, 0.25) is 0 Å². The molecule has 1 saturated heterocycles. The minimum atomic E-state index is -0.0991. The number of amides is 2. The third-order valence-electron chi connectivity index (χ3n) is 5.00. The number of likely N-dealkylation sites (N-methyl/N-ethyl adjacent to an activating group) is 1. The van der Waals surface area contributed by atoms with Gasteiger partial charge in [0.25, 0.3) is 5.91 Å². The SMILES string of the molecule is CN(C)C(=O)CN=C(NCCc1ccccc1)N1CCN(C(=O)c2ccco2)CC1. The Morgan fingerprint density at radius 3 is 2.37 bits per heavy atom. The number of piperazine rings is 1. The number of aliphatic imine (C=N–C) groups is 1. The van der Waals surface area contributed by atoms with Crippen molar-refractivity contribution in [3.05, 3.63) is 60.1 Å². The van der Waals surface area contributed by atoms with Crippen LogP contribution in [0.5, 0.6) is 0 Å². The van der Waals surface area contributed by atoms with Gasteiger partial charge in [0.05, 0.1) is 6.26 Å². The second-order valence-corrected chi connectivity index (χ2v) is 7.35. The Morgan fingerprint density at radius 1 is 1.03 bits per heavy atom. The van der Waals surface area contributed by atoms with Crippen molar-refractivity contribution in [2.75, 3.05) is 53.4 Å². The molecule has 1 aromatic carbocycles. The summed E-state index contributed by atoms with van der Waals surface area (Å²) in [5, 5.41) is 3.39. The van der Waals surface area contributed by atoms with Crippen LogP contribution < -0.4 is 5.32 Å². The second kappa shape index (κ2) is 10.5. The zero-order valence-electron chi connectivity index (χ0n) is 17.6. The number of hydrogen-bond acceptors (Lipinski definition) is 4. The lowest BCUT2D eigenvalue weighted by molar-refractivity contribution is -0.127. The van der Waals surface area contributed by atoms with Crippen LogP contribution in [0.4, 0.5) is 0 Å². The van der Waals surface area contributed by atoms with Crippen LogP contribution in [-0.2, 0) is 11.2 Å². The summed E-state index contributed by atoms with van der Waals surface area (Å²) in [5.74, 6) is 0.906. The molecule has 8 heteroatoms. The molecule has 0 bridgehead atoms. The van der Waals surface area contributed by atoms with Crippen LogP contribution >= 0.6 is 0 Å². The van der Waals surface area contributed by atoms with E-state index in [0.29, 0.717) is 44.4 Å². The predicted molar refractivity (Wildman–Crippen MR) is 115 cm³/mol. The highest BCUT2D eigenvalue weighted by Crippen LogP contribution is 2.10. The highest BCUT2D eigenvalue weighted by Gasteiger charge is 2.25. The zero-order chi connectivity index (χ0) is 21.3. The van der Waals surface area contributed by atoms with Crippen molar-refractivity contribution >= 4 is 17.8 Å². The predicted octanol–water partition coefficient (Wildman–Crippen LogP) is 1.31. The van der Waals surface area contributed by atoms with Crippen molar-refractivity contribution in [3.8, 4) is 0 Å². The van der Waals surface area contributed by atoms with E-state index in [1.165, 1.54) is 16.7 Å². The molecule has 30 heavy (non-hydrogen) atoms. The molecule has 0 unspecified atom stereocenters. The van der Waals surface area contributed by atoms with Gasteiger partial charge in [0.2, 0.25) is 5.91 Å². The van der Waals surface area contributed by atoms with E-state index in [1.54, 1.807) is 31.1 Å². The number of rotatable bonds is 6. The van der Waals surface area contributed by atoms with Crippen LogP contribution in [0.25, 0.3) is 0 Å². The minimum Gasteiger partial charge on any atom is -0.459 e. The van der Waals surface area contributed by atoms with Crippen molar-refractivity contribution < 1.29 is 14.0 Å². The first kappa shape index (κ1) is 21.4. The summed E-state index contributed by atoms with van der Waals surface area (Å²) in [6, 6.07) is 13.6. The molecular formula is C22H29N5O3. The summed E-state index contributed by atoms with van der Waals surface area (Å²) < 4.78 is 5.22. The van der Waals surface area contributed by atoms with Gasteiger partial charge in [-0.3, -0.25) is 9.59 Å². The molecule has 0 radical (unpaired) electrons. The van der Waals surface area contributed by atoms with Gasteiger partial charge in [0.1, 0.15) is 6.54 Å². The summed E-state index contributed by atoms with van der Waals surface area (Å²) in [4.78, 5) is 34.4. The van der Waals surface area contributed by atoms with Crippen molar-refractivity contribution in [1.82, 2.24) is 20.0 Å². The molecule has 1 fully saturated rings. The molecule has 0 atom stereocenters. The van der Waals surface area contributed by atoms with Crippen molar-refractivity contribution in [2.24, 2.45) is 4.99 Å². The van der Waals surface area contributed by atoms with Gasteiger partial charge in [-0.05, 0) is 24.1 Å². The molecule has 0 saturated carbocycles. The molecule has 3 rings (SSSR count). The smallest absolute Gasteiger partial charge is 0.289 e. The first-order chi connectivity index (χ1) is 14.5. The van der Waals surface area contributed by atoms with Gasteiger partial charge >= 0.3 is 0 Å². The number of carbonyl (C=O) groups excluding carboxylic acids is 2. The van der Waals surface area contributed by atoms with Gasteiger partial charge < -0.3 is 24.4 Å². The van der Waals surface area contributed by atoms with Crippen molar-refractivity contribution in [1.29, 1.82) is 0 Å². The van der Waals surface area contributed by atoms with Gasteiger partial charge in [-0.25, -0.2) is 4.99 Å². The van der Waals surface area contributed by atoms with E-state index in [-0.39, 0.29) is 18.4 Å². The van der Waals surface area contributed by atoms with Crippen LogP contribution in [0.1, 0.15) is 16.1 Å². The maximum atomic E-state index is 12.5. The minimum absolute atomic E-state index is 0.0519. The third-order valence-corrected chi connectivity index (χ3v) is 5.00. The summed E-state index contributed by atoms with van der Waals surface area (Å²) in [6.45, 7) is 3.22. The number of nitrogens with one attached hydrogen (secondary N) is 1. The van der Waals surface area contributed by atoms with Crippen LogP contribution in [-0.4, -0.2) is 85.8 Å². The Morgan fingerprint density at radius 2 is 1.73 bits per heavy atom. The molecule has 1 aliphatic rings. The summed E-state index contributed by atoms with van der Waals surface area (Å²) in [6.07, 6.45) is 2.37. The van der Waals surface area contributed by atoms with Gasteiger partial charge in [-0.1, -0.05) is 30.3 Å². The molecule has 1 aromatic heterocycles. The van der Waals surface area contributed by atoms with Crippen LogP contribution in [0, 0.1) is 0 Å². The molecular weight excluding hydrogens is 382 g/mol. The van der Waals surface area contributed by atoms with Crippen molar-refractivity contribution in [2.45, 2.75) is 6.42 Å². The number of benzene rings is 1. The zero-order valence-corrected chi connectivity index (χ0v) is 17.6. The number of guanidine groups is 1. The summed E-state index contributed by atoms with van der Waals surface area (Å²) in [5.41, 5.74) is 1.24. The quantitative estimate of drug-likeness (QED) is 0.573. The first-order valence-corrected chi connectivity index (χ1v) is 10.1. The molecule has 1 N–H and O–H groups in total. The lowest BCUT2D eigenvalue weighted by Gasteiger charge is -2.36. The normalized spacial score (nSPS) is 14.5. The maximum Gasteiger partial charge on any atom is 0.289 e. The van der Waals surface area contributed by atoms with Gasteiger partial charge in [-0.2, -0.15) is 0 Å². The Hall–Kier alpha value is -3.29. The fourth-order valence-corrected chi connectivity index (χ4v) is 3.19. The number of carbonyl (C=O) groups is 2. The van der Waals surface area contributed by atoms with E-state index in [9.17, 15) is 9.59 Å². The lowest BCUT2D eigenvalue weighted by atomic mass is 10.1. The summed E-state index contributed by atoms with van der Waals surface area (Å²) >= 11 is 0. The van der Waals surface area contributed by atoms with E-state index in [4.69, 9.17) is 4.42 Å². The van der Waals surface area contributed by atoms with E-state index >= 15 is 0 Å². The molecule has 160 valence electrons. The van der Waals surface area contributed by atoms with E-state index in [1.807, 2.05) is 18.2 Å². The highest BCUT2D eigenvalue weighted by molar-refractivity contribution is 5.91. The molecule has 2 aromatic rings. The highest BCUT2D eigenvalue weighted by atomic mass is 16.3. The fourth-order valence-electron chi connectivity index (χ4n) is 3.19. The summed E-state index contributed by atoms with van der Waals surface area (Å²) in [7, 11) is 3.44. The van der Waals surface area contributed by atoms with Crippen molar-refractivity contribution in [3.63, 3.8) is 0 Å². The largest absolute Gasteiger partial charge is 0.459 e. The molecule has 1 aliphatic heterocycles. The van der Waals surface area contributed by atoms with Gasteiger partial charge in [-0.15, -0.1) is 0 Å². The number of hydrogen-bond donors (Lipinski definition) is 1. The van der Waals surface area contributed by atoms with Gasteiger partial charge in [0, 0.05) is 46.8 Å². The lowest BCUT2D eigenvalue weighted by Crippen LogP contribution is -2.54. The molecule has 0 spiro atoms. The van der Waals surface area contributed by atoms with Crippen LogP contribution in [0.15, 0.2) is 58.1 Å². The third kappa shape index (κ3) is 5.85. The Bertz CT molecular complexity index is 841. The molecule has 8 nitrogen and oxygen atoms in total. The Balaban J connectivity index is 1.59. The van der Waals surface area contributed by atoms with Crippen LogP contribution in [0.3, 0.4) is 0 Å². The van der Waals surface area contributed by atoms with E-state index < -0.39 is 0 Å². The molecule has 2 heterocycles. The van der Waals surface area contributed by atoms with E-state index in [2.05, 4.69) is 27.3 Å². The second-order valence-electron chi connectivity index (χ2n) is 7.35. The average molecular weight is 412 g/mol.